The maximum Gasteiger partial charge on any atom is 0.270 e. The van der Waals surface area contributed by atoms with Crippen molar-refractivity contribution < 1.29 is 18.0 Å². The summed E-state index contributed by atoms with van der Waals surface area (Å²) >= 11 is 0. The predicted molar refractivity (Wildman–Crippen MR) is 123 cm³/mol. The van der Waals surface area contributed by atoms with Crippen LogP contribution in [0, 0.1) is 0 Å². The summed E-state index contributed by atoms with van der Waals surface area (Å²) in [5.74, 6) is -0.351. The van der Waals surface area contributed by atoms with E-state index in [0.717, 1.165) is 12.8 Å². The predicted octanol–water partition coefficient (Wildman–Crippen LogP) is 1.22. The first kappa shape index (κ1) is 23.1. The Kier molecular flexibility index (Phi) is 6.59. The van der Waals surface area contributed by atoms with E-state index in [-0.39, 0.29) is 54.0 Å². The lowest BCUT2D eigenvalue weighted by atomic mass is 10.1. The van der Waals surface area contributed by atoms with Crippen molar-refractivity contribution in [1.29, 1.82) is 0 Å². The lowest BCUT2D eigenvalue weighted by Gasteiger charge is -2.30. The van der Waals surface area contributed by atoms with Gasteiger partial charge in [-0.3, -0.25) is 14.4 Å². The molecule has 10 nitrogen and oxygen atoms in total. The maximum absolute atomic E-state index is 13.4. The summed E-state index contributed by atoms with van der Waals surface area (Å²) in [7, 11) is -3.20. The van der Waals surface area contributed by atoms with Crippen molar-refractivity contribution in [3.63, 3.8) is 0 Å². The number of aromatic nitrogens is 2. The highest BCUT2D eigenvalue weighted by Crippen LogP contribution is 2.23. The number of fused-ring (bicyclic) bond motifs is 1. The number of aromatic amines is 1. The second-order valence-corrected chi connectivity index (χ2v) is 10.7. The first-order valence-electron chi connectivity index (χ1n) is 11.1. The van der Waals surface area contributed by atoms with Gasteiger partial charge < -0.3 is 9.88 Å². The summed E-state index contributed by atoms with van der Waals surface area (Å²) in [6.07, 6.45) is 2.23. The largest absolute Gasteiger partial charge is 0.330 e. The molecular formula is C22H27N5O5S. The maximum atomic E-state index is 13.4. The van der Waals surface area contributed by atoms with Crippen molar-refractivity contribution in [2.24, 2.45) is 5.10 Å². The van der Waals surface area contributed by atoms with E-state index in [2.05, 4.69) is 15.1 Å². The number of unbranched alkanes of at least 4 members (excludes halogenated alkanes) is 1. The lowest BCUT2D eigenvalue weighted by molar-refractivity contribution is -0.134. The Bertz CT molecular complexity index is 1270. The van der Waals surface area contributed by atoms with Crippen LogP contribution in [0.15, 0.2) is 34.2 Å². The molecule has 1 saturated heterocycles. The molecule has 0 bridgehead atoms. The summed E-state index contributed by atoms with van der Waals surface area (Å²) in [5.41, 5.74) is 0.499. The van der Waals surface area contributed by atoms with E-state index in [1.807, 2.05) is 6.92 Å². The van der Waals surface area contributed by atoms with Crippen LogP contribution in [-0.4, -0.2) is 69.9 Å². The molecule has 1 aromatic carbocycles. The molecule has 1 N–H and O–H groups in total. The molecule has 1 aromatic heterocycles. The molecule has 2 aromatic rings. The minimum atomic E-state index is -3.20. The smallest absolute Gasteiger partial charge is 0.270 e. The van der Waals surface area contributed by atoms with E-state index < -0.39 is 15.9 Å². The van der Waals surface area contributed by atoms with Gasteiger partial charge in [0, 0.05) is 19.4 Å². The molecule has 2 aliphatic rings. The fraction of sp³-hybridized carbons (Fsp3) is 0.500. The number of sulfone groups is 1. The fourth-order valence-electron chi connectivity index (χ4n) is 4.15. The summed E-state index contributed by atoms with van der Waals surface area (Å²) in [6.45, 7) is 2.55. The van der Waals surface area contributed by atoms with Crippen LogP contribution in [-0.2, 0) is 26.0 Å². The number of nitrogens with one attached hydrogen (secondary N) is 1. The summed E-state index contributed by atoms with van der Waals surface area (Å²) in [4.78, 5) is 47.0. The third-order valence-electron chi connectivity index (χ3n) is 5.93. The first-order valence-corrected chi connectivity index (χ1v) is 13.0. The zero-order chi connectivity index (χ0) is 23.6. The highest BCUT2D eigenvalue weighted by Gasteiger charge is 2.37. The summed E-state index contributed by atoms with van der Waals surface area (Å²) in [5, 5.41) is 5.97. The van der Waals surface area contributed by atoms with Crippen LogP contribution < -0.4 is 5.56 Å². The Morgan fingerprint density at radius 2 is 2.03 bits per heavy atom. The van der Waals surface area contributed by atoms with Gasteiger partial charge in [0.2, 0.25) is 5.91 Å². The molecule has 1 atom stereocenters. The number of hydrazone groups is 1. The fourth-order valence-corrected chi connectivity index (χ4v) is 5.85. The van der Waals surface area contributed by atoms with Gasteiger partial charge in [-0.15, -0.1) is 0 Å². The number of amides is 2. The van der Waals surface area contributed by atoms with Crippen molar-refractivity contribution in [3.8, 4) is 0 Å². The molecule has 1 fully saturated rings. The first-order chi connectivity index (χ1) is 15.8. The third-order valence-corrected chi connectivity index (χ3v) is 7.68. The minimum absolute atomic E-state index is 0.0177. The molecular weight excluding hydrogens is 446 g/mol. The second kappa shape index (κ2) is 9.42. The molecule has 0 aliphatic carbocycles. The van der Waals surface area contributed by atoms with Crippen LogP contribution in [0.5, 0.6) is 0 Å². The van der Waals surface area contributed by atoms with Gasteiger partial charge in [0.25, 0.3) is 11.5 Å². The molecule has 0 unspecified atom stereocenters. The number of nitrogens with zero attached hydrogens (tertiary/aromatic N) is 4. The van der Waals surface area contributed by atoms with Gasteiger partial charge in [0.1, 0.15) is 11.5 Å². The van der Waals surface area contributed by atoms with Crippen LogP contribution in [0.4, 0.5) is 0 Å². The van der Waals surface area contributed by atoms with Crippen LogP contribution in [0.1, 0.15) is 44.9 Å². The monoisotopic (exact) mass is 473 g/mol. The Morgan fingerprint density at radius 1 is 1.24 bits per heavy atom. The molecule has 0 radical (unpaired) electrons. The van der Waals surface area contributed by atoms with E-state index in [1.165, 1.54) is 5.01 Å². The van der Waals surface area contributed by atoms with Crippen molar-refractivity contribution >= 4 is 38.3 Å². The quantitative estimate of drug-likeness (QED) is 0.643. The van der Waals surface area contributed by atoms with Crippen molar-refractivity contribution in [2.75, 3.05) is 18.1 Å². The molecule has 176 valence electrons. The molecule has 2 aliphatic heterocycles. The number of carbonyl (C=O) groups is 2. The molecule has 0 spiro atoms. The number of H-pyrrole nitrogens is 1. The lowest BCUT2D eigenvalue weighted by Crippen LogP contribution is -2.45. The second-order valence-electron chi connectivity index (χ2n) is 8.45. The van der Waals surface area contributed by atoms with Crippen LogP contribution in [0.2, 0.25) is 0 Å². The van der Waals surface area contributed by atoms with Crippen LogP contribution in [0.25, 0.3) is 10.9 Å². The molecule has 11 heteroatoms. The van der Waals surface area contributed by atoms with Gasteiger partial charge in [-0.25, -0.2) is 18.4 Å². The SMILES string of the molecule is CCCCN(Cc1nc2ccccc2c(=O)[nH]1)C(=O)C1=NN([C@@H]2CCS(=O)(=O)C2)C(=O)CC1. The number of para-hydroxylation sites is 1. The topological polar surface area (TPSA) is 133 Å². The van der Waals surface area contributed by atoms with E-state index in [1.54, 1.807) is 29.2 Å². The van der Waals surface area contributed by atoms with Gasteiger partial charge >= 0.3 is 0 Å². The Morgan fingerprint density at radius 3 is 2.76 bits per heavy atom. The number of carbonyl (C=O) groups excluding carboxylic acids is 2. The minimum Gasteiger partial charge on any atom is -0.330 e. The molecule has 0 saturated carbocycles. The zero-order valence-corrected chi connectivity index (χ0v) is 19.3. The highest BCUT2D eigenvalue weighted by molar-refractivity contribution is 7.91. The molecule has 4 rings (SSSR count). The van der Waals surface area contributed by atoms with Gasteiger partial charge in [-0.05, 0) is 25.0 Å². The summed E-state index contributed by atoms with van der Waals surface area (Å²) < 4.78 is 23.7. The Labute approximate surface area is 191 Å². The van der Waals surface area contributed by atoms with Gasteiger partial charge in [0.15, 0.2) is 9.84 Å². The Hall–Kier alpha value is -3.08. The average Bonchev–Trinajstić information content (AvgIpc) is 3.16. The number of rotatable bonds is 7. The van der Waals surface area contributed by atoms with E-state index in [9.17, 15) is 22.8 Å². The average molecular weight is 474 g/mol. The van der Waals surface area contributed by atoms with Crippen LogP contribution in [0.3, 0.4) is 0 Å². The summed E-state index contributed by atoms with van der Waals surface area (Å²) in [6, 6.07) is 6.46. The van der Waals surface area contributed by atoms with Gasteiger partial charge in [0.05, 0.1) is 35.0 Å². The molecule has 33 heavy (non-hydrogen) atoms. The standard InChI is InChI=1S/C22H27N5O5S/c1-2-3-11-26(13-19-23-17-7-5-4-6-16(17)21(29)24-19)22(30)18-8-9-20(28)27(25-18)15-10-12-33(31,32)14-15/h4-7,15H,2-3,8-14H2,1H3,(H,23,24,29)/t15-/m1/s1. The van der Waals surface area contributed by atoms with Crippen LogP contribution >= 0.6 is 0 Å². The normalized spacial score (nSPS) is 20.2. The number of benzene rings is 1. The van der Waals surface area contributed by atoms with Crippen molar-refractivity contribution in [3.05, 3.63) is 40.4 Å². The van der Waals surface area contributed by atoms with E-state index in [4.69, 9.17) is 0 Å². The Balaban J connectivity index is 1.59. The van der Waals surface area contributed by atoms with E-state index in [0.29, 0.717) is 29.7 Å². The highest BCUT2D eigenvalue weighted by atomic mass is 32.2. The van der Waals surface area contributed by atoms with Gasteiger partial charge in [-0.1, -0.05) is 25.5 Å². The number of hydrogen-bond donors (Lipinski definition) is 1. The van der Waals surface area contributed by atoms with Crippen molar-refractivity contribution in [2.45, 2.75) is 51.6 Å². The zero-order valence-electron chi connectivity index (χ0n) is 18.5. The molecule has 3 heterocycles. The number of hydrogen-bond acceptors (Lipinski definition) is 7. The third kappa shape index (κ3) is 5.13. The van der Waals surface area contributed by atoms with Crippen molar-refractivity contribution in [1.82, 2.24) is 19.9 Å². The van der Waals surface area contributed by atoms with Gasteiger partial charge in [-0.2, -0.15) is 5.10 Å². The molecule has 2 amide bonds. The van der Waals surface area contributed by atoms with E-state index >= 15 is 0 Å².